The molecule has 0 saturated heterocycles. The number of unbranched alkanes of at least 4 members (excludes halogenated alkanes) is 1. The van der Waals surface area contributed by atoms with E-state index in [0.29, 0.717) is 6.61 Å². The Labute approximate surface area is 68.9 Å². The highest BCUT2D eigenvalue weighted by atomic mass is 32.2. The second kappa shape index (κ2) is 4.72. The molecule has 0 aromatic carbocycles. The van der Waals surface area contributed by atoms with Crippen LogP contribution in [0.1, 0.15) is 33.6 Å². The van der Waals surface area contributed by atoms with E-state index in [-0.39, 0.29) is 0 Å². The normalized spacial score (nSPS) is 12.4. The molecule has 0 spiro atoms. The highest BCUT2D eigenvalue weighted by Crippen LogP contribution is 2.03. The maximum absolute atomic E-state index is 11.0. The van der Waals surface area contributed by atoms with E-state index in [9.17, 15) is 8.42 Å². The van der Waals surface area contributed by atoms with Gasteiger partial charge in [-0.1, -0.05) is 13.3 Å². The fourth-order valence-corrected chi connectivity index (χ4v) is 1.08. The van der Waals surface area contributed by atoms with E-state index in [4.69, 9.17) is 4.18 Å². The molecule has 0 bridgehead atoms. The third kappa shape index (κ3) is 4.37. The summed E-state index contributed by atoms with van der Waals surface area (Å²) in [5, 5.41) is -0.431. The fraction of sp³-hybridized carbons (Fsp3) is 1.00. The van der Waals surface area contributed by atoms with Crippen LogP contribution in [0.15, 0.2) is 0 Å². The van der Waals surface area contributed by atoms with Crippen LogP contribution in [0.4, 0.5) is 0 Å². The van der Waals surface area contributed by atoms with Crippen LogP contribution >= 0.6 is 0 Å². The molecule has 4 heteroatoms. The average Bonchev–Trinajstić information content (AvgIpc) is 1.88. The van der Waals surface area contributed by atoms with Crippen LogP contribution in [0.25, 0.3) is 0 Å². The highest BCUT2D eigenvalue weighted by Gasteiger charge is 2.15. The summed E-state index contributed by atoms with van der Waals surface area (Å²) in [6, 6.07) is 0. The summed E-state index contributed by atoms with van der Waals surface area (Å²) in [5.74, 6) is 0. The van der Waals surface area contributed by atoms with Crippen molar-refractivity contribution in [2.24, 2.45) is 0 Å². The van der Waals surface area contributed by atoms with Crippen molar-refractivity contribution in [3.63, 3.8) is 0 Å². The van der Waals surface area contributed by atoms with Crippen molar-refractivity contribution in [1.29, 1.82) is 0 Å². The summed E-state index contributed by atoms with van der Waals surface area (Å²) in [6.07, 6.45) is 1.75. The predicted molar refractivity (Wildman–Crippen MR) is 44.9 cm³/mol. The standard InChI is InChI=1S/C7H16O3S/c1-4-5-6-10-11(8,9)7(2)3/h7H,4-6H2,1-3H3. The summed E-state index contributed by atoms with van der Waals surface area (Å²) in [5.41, 5.74) is 0. The van der Waals surface area contributed by atoms with Crippen molar-refractivity contribution in [2.45, 2.75) is 38.9 Å². The van der Waals surface area contributed by atoms with Crippen LogP contribution in [0.5, 0.6) is 0 Å². The van der Waals surface area contributed by atoms with E-state index in [1.54, 1.807) is 13.8 Å². The van der Waals surface area contributed by atoms with Crippen LogP contribution in [0.3, 0.4) is 0 Å². The monoisotopic (exact) mass is 180 g/mol. The van der Waals surface area contributed by atoms with Gasteiger partial charge in [-0.3, -0.25) is 4.18 Å². The molecule has 0 aliphatic carbocycles. The molecule has 0 N–H and O–H groups in total. The third-order valence-corrected chi connectivity index (χ3v) is 2.97. The van der Waals surface area contributed by atoms with Crippen molar-refractivity contribution in [2.75, 3.05) is 6.61 Å². The molecule has 0 aliphatic heterocycles. The molecule has 11 heavy (non-hydrogen) atoms. The number of rotatable bonds is 5. The van der Waals surface area contributed by atoms with E-state index in [0.717, 1.165) is 12.8 Å². The Hall–Kier alpha value is -0.0900. The second-order valence-corrected chi connectivity index (χ2v) is 4.88. The van der Waals surface area contributed by atoms with Gasteiger partial charge in [0.2, 0.25) is 0 Å². The lowest BCUT2D eigenvalue weighted by Crippen LogP contribution is -2.17. The zero-order chi connectivity index (χ0) is 8.91. The first-order chi connectivity index (χ1) is 5.00. The molecule has 0 rings (SSSR count). The SMILES string of the molecule is CCCCOS(=O)(=O)C(C)C. The predicted octanol–water partition coefficient (Wildman–Crippen LogP) is 1.54. The molecule has 0 atom stereocenters. The molecule has 0 amide bonds. The van der Waals surface area contributed by atoms with Crippen molar-refractivity contribution in [3.05, 3.63) is 0 Å². The maximum atomic E-state index is 11.0. The molecule has 68 valence electrons. The van der Waals surface area contributed by atoms with Gasteiger partial charge in [-0.05, 0) is 20.3 Å². The van der Waals surface area contributed by atoms with Crippen LogP contribution in [0.2, 0.25) is 0 Å². The summed E-state index contributed by atoms with van der Waals surface area (Å²) in [6.45, 7) is 5.53. The van der Waals surface area contributed by atoms with Gasteiger partial charge in [-0.15, -0.1) is 0 Å². The van der Waals surface area contributed by atoms with Gasteiger partial charge in [-0.2, -0.15) is 8.42 Å². The Bertz CT molecular complexity index is 182. The zero-order valence-electron chi connectivity index (χ0n) is 7.33. The van der Waals surface area contributed by atoms with E-state index in [2.05, 4.69) is 0 Å². The van der Waals surface area contributed by atoms with Gasteiger partial charge in [0.05, 0.1) is 11.9 Å². The van der Waals surface area contributed by atoms with Crippen LogP contribution in [-0.4, -0.2) is 20.3 Å². The van der Waals surface area contributed by atoms with E-state index in [1.165, 1.54) is 0 Å². The van der Waals surface area contributed by atoms with Crippen LogP contribution < -0.4 is 0 Å². The van der Waals surface area contributed by atoms with Crippen LogP contribution in [-0.2, 0) is 14.3 Å². The molecule has 0 heterocycles. The maximum Gasteiger partial charge on any atom is 0.269 e. The first-order valence-corrected chi connectivity index (χ1v) is 5.36. The van der Waals surface area contributed by atoms with Crippen molar-refractivity contribution >= 4 is 10.1 Å². The van der Waals surface area contributed by atoms with Crippen molar-refractivity contribution < 1.29 is 12.6 Å². The van der Waals surface area contributed by atoms with E-state index >= 15 is 0 Å². The molecule has 0 fully saturated rings. The smallest absolute Gasteiger partial charge is 0.269 e. The number of hydrogen-bond acceptors (Lipinski definition) is 3. The first kappa shape index (κ1) is 10.9. The fourth-order valence-electron chi connectivity index (χ4n) is 0.455. The molecule has 0 radical (unpaired) electrons. The van der Waals surface area contributed by atoms with Gasteiger partial charge >= 0.3 is 0 Å². The quantitative estimate of drug-likeness (QED) is 0.476. The number of hydrogen-bond donors (Lipinski definition) is 0. The van der Waals surface area contributed by atoms with Crippen molar-refractivity contribution in [1.82, 2.24) is 0 Å². The Morgan fingerprint density at radius 1 is 1.36 bits per heavy atom. The molecule has 0 saturated carbocycles. The summed E-state index contributed by atoms with van der Waals surface area (Å²) in [7, 11) is -3.27. The first-order valence-electron chi connectivity index (χ1n) is 3.89. The Kier molecular flexibility index (Phi) is 4.68. The molecular formula is C7H16O3S. The summed E-state index contributed by atoms with van der Waals surface area (Å²) in [4.78, 5) is 0. The minimum Gasteiger partial charge on any atom is -0.270 e. The van der Waals surface area contributed by atoms with Gasteiger partial charge in [0, 0.05) is 0 Å². The molecule has 0 aromatic rings. The Morgan fingerprint density at radius 3 is 2.27 bits per heavy atom. The molecule has 0 aliphatic rings. The van der Waals surface area contributed by atoms with Gasteiger partial charge in [0.25, 0.3) is 10.1 Å². The van der Waals surface area contributed by atoms with E-state index in [1.807, 2.05) is 6.92 Å². The zero-order valence-corrected chi connectivity index (χ0v) is 8.15. The van der Waals surface area contributed by atoms with Gasteiger partial charge in [-0.25, -0.2) is 0 Å². The van der Waals surface area contributed by atoms with Gasteiger partial charge < -0.3 is 0 Å². The Balaban J connectivity index is 3.75. The molecule has 0 aromatic heterocycles. The molecule has 3 nitrogen and oxygen atoms in total. The minimum atomic E-state index is -3.27. The van der Waals surface area contributed by atoms with Gasteiger partial charge in [0.15, 0.2) is 0 Å². The second-order valence-electron chi connectivity index (χ2n) is 2.72. The molecule has 0 unspecified atom stereocenters. The lowest BCUT2D eigenvalue weighted by molar-refractivity contribution is 0.307. The lowest BCUT2D eigenvalue weighted by Gasteiger charge is -2.06. The molecular weight excluding hydrogens is 164 g/mol. The van der Waals surface area contributed by atoms with E-state index < -0.39 is 15.4 Å². The summed E-state index contributed by atoms with van der Waals surface area (Å²) >= 11 is 0. The topological polar surface area (TPSA) is 43.4 Å². The van der Waals surface area contributed by atoms with Gasteiger partial charge in [0.1, 0.15) is 0 Å². The van der Waals surface area contributed by atoms with Crippen LogP contribution in [0, 0.1) is 0 Å². The van der Waals surface area contributed by atoms with Crippen molar-refractivity contribution in [3.8, 4) is 0 Å². The highest BCUT2D eigenvalue weighted by molar-refractivity contribution is 7.87. The summed E-state index contributed by atoms with van der Waals surface area (Å²) < 4.78 is 26.7. The lowest BCUT2D eigenvalue weighted by atomic mass is 10.4. The Morgan fingerprint density at radius 2 is 1.91 bits per heavy atom. The largest absolute Gasteiger partial charge is 0.270 e. The third-order valence-electron chi connectivity index (χ3n) is 1.32. The minimum absolute atomic E-state index is 0.316. The average molecular weight is 180 g/mol.